The minimum Gasteiger partial charge on any atom is -0.373 e. The van der Waals surface area contributed by atoms with Crippen LogP contribution in [0.4, 0.5) is 5.69 Å². The van der Waals surface area contributed by atoms with Gasteiger partial charge in [0, 0.05) is 44.8 Å². The van der Waals surface area contributed by atoms with Gasteiger partial charge in [-0.2, -0.15) is 5.10 Å². The highest BCUT2D eigenvalue weighted by Gasteiger charge is 2.44. The Hall–Kier alpha value is -2.34. The third-order valence-corrected chi connectivity index (χ3v) is 5.53. The van der Waals surface area contributed by atoms with Crippen LogP contribution in [-0.2, 0) is 16.9 Å². The smallest absolute Gasteiger partial charge is 0.251 e. The van der Waals surface area contributed by atoms with Gasteiger partial charge in [0.2, 0.25) is 0 Å². The first-order chi connectivity index (χ1) is 12.2. The number of nitrogens with one attached hydrogen (secondary N) is 1. The average Bonchev–Trinajstić information content (AvgIpc) is 3.15. The van der Waals surface area contributed by atoms with Crippen LogP contribution in [0.2, 0.25) is 0 Å². The molecule has 0 bridgehead atoms. The van der Waals surface area contributed by atoms with Crippen LogP contribution >= 0.6 is 0 Å². The third kappa shape index (κ3) is 2.80. The van der Waals surface area contributed by atoms with Crippen molar-refractivity contribution in [3.05, 3.63) is 48.3 Å². The molecular formula is C19H25N5O. The van der Waals surface area contributed by atoms with Gasteiger partial charge in [-0.05, 0) is 43.6 Å². The number of fused-ring (bicyclic) bond motifs is 1. The van der Waals surface area contributed by atoms with Crippen molar-refractivity contribution in [2.45, 2.75) is 24.9 Å². The normalized spacial score (nSPS) is 20.0. The molecule has 1 N–H and O–H groups in total. The molecule has 1 saturated heterocycles. The van der Waals surface area contributed by atoms with Gasteiger partial charge < -0.3 is 15.1 Å². The molecule has 1 amide bonds. The maximum Gasteiger partial charge on any atom is 0.251 e. The molecule has 0 atom stereocenters. The molecule has 3 heterocycles. The summed E-state index contributed by atoms with van der Waals surface area (Å²) in [6.07, 6.45) is 5.26. The second-order valence-corrected chi connectivity index (χ2v) is 7.01. The number of para-hydroxylation sites is 1. The topological polar surface area (TPSA) is 53.4 Å². The molecule has 0 aliphatic carbocycles. The highest BCUT2D eigenvalue weighted by atomic mass is 16.2. The first-order valence-corrected chi connectivity index (χ1v) is 9.00. The Bertz CT molecular complexity index is 736. The second kappa shape index (κ2) is 6.52. The van der Waals surface area contributed by atoms with Gasteiger partial charge in [-0.3, -0.25) is 9.48 Å². The van der Waals surface area contributed by atoms with Crippen LogP contribution in [0.3, 0.4) is 0 Å². The first kappa shape index (κ1) is 16.1. The Balaban J connectivity index is 1.67. The summed E-state index contributed by atoms with van der Waals surface area (Å²) in [7, 11) is 2.10. The van der Waals surface area contributed by atoms with E-state index in [9.17, 15) is 4.79 Å². The van der Waals surface area contributed by atoms with E-state index in [2.05, 4.69) is 46.6 Å². The largest absolute Gasteiger partial charge is 0.373 e. The Morgan fingerprint density at radius 2 is 1.96 bits per heavy atom. The molecule has 2 aliphatic heterocycles. The summed E-state index contributed by atoms with van der Waals surface area (Å²) in [5, 5.41) is 7.82. The van der Waals surface area contributed by atoms with Gasteiger partial charge in [-0.15, -0.1) is 0 Å². The average molecular weight is 339 g/mol. The summed E-state index contributed by atoms with van der Waals surface area (Å²) < 4.78 is 1.89. The lowest BCUT2D eigenvalue weighted by Crippen LogP contribution is -2.56. The van der Waals surface area contributed by atoms with E-state index in [1.807, 2.05) is 21.8 Å². The predicted octanol–water partition coefficient (Wildman–Crippen LogP) is 1.44. The van der Waals surface area contributed by atoms with E-state index in [1.165, 1.54) is 11.3 Å². The SMILES string of the molecule is CN1CCN(C(=O)C2(n3cccn3)CCNCC2)Cc2ccccc21. The Morgan fingerprint density at radius 3 is 2.72 bits per heavy atom. The minimum absolute atomic E-state index is 0.197. The zero-order valence-electron chi connectivity index (χ0n) is 14.7. The van der Waals surface area contributed by atoms with Crippen molar-refractivity contribution in [3.63, 3.8) is 0 Å². The lowest BCUT2D eigenvalue weighted by molar-refractivity contribution is -0.143. The van der Waals surface area contributed by atoms with Gasteiger partial charge in [0.15, 0.2) is 0 Å². The summed E-state index contributed by atoms with van der Waals surface area (Å²) in [6, 6.07) is 10.3. The first-order valence-electron chi connectivity index (χ1n) is 9.00. The quantitative estimate of drug-likeness (QED) is 0.900. The molecule has 4 rings (SSSR count). The molecule has 2 aromatic rings. The summed E-state index contributed by atoms with van der Waals surface area (Å²) in [5.74, 6) is 0.197. The lowest BCUT2D eigenvalue weighted by atomic mass is 9.86. The van der Waals surface area contributed by atoms with Crippen LogP contribution in [-0.4, -0.2) is 53.8 Å². The fraction of sp³-hybridized carbons (Fsp3) is 0.474. The van der Waals surface area contributed by atoms with E-state index in [4.69, 9.17) is 0 Å². The molecular weight excluding hydrogens is 314 g/mol. The number of carbonyl (C=O) groups is 1. The highest BCUT2D eigenvalue weighted by molar-refractivity contribution is 5.85. The molecule has 0 unspecified atom stereocenters. The van der Waals surface area contributed by atoms with Crippen LogP contribution in [0.15, 0.2) is 42.7 Å². The lowest BCUT2D eigenvalue weighted by Gasteiger charge is -2.40. The van der Waals surface area contributed by atoms with Gasteiger partial charge in [0.05, 0.1) is 0 Å². The molecule has 6 nitrogen and oxygen atoms in total. The fourth-order valence-corrected chi connectivity index (χ4v) is 4.06. The van der Waals surface area contributed by atoms with E-state index in [0.29, 0.717) is 6.54 Å². The molecule has 0 spiro atoms. The van der Waals surface area contributed by atoms with Crippen LogP contribution in [0, 0.1) is 0 Å². The Labute approximate surface area is 148 Å². The van der Waals surface area contributed by atoms with E-state index < -0.39 is 5.54 Å². The predicted molar refractivity (Wildman–Crippen MR) is 97.4 cm³/mol. The number of hydrogen-bond acceptors (Lipinski definition) is 4. The van der Waals surface area contributed by atoms with Crippen molar-refractivity contribution in [2.24, 2.45) is 0 Å². The number of likely N-dealkylation sites (N-methyl/N-ethyl adjacent to an activating group) is 1. The molecule has 2 aliphatic rings. The van der Waals surface area contributed by atoms with Gasteiger partial charge >= 0.3 is 0 Å². The van der Waals surface area contributed by atoms with Crippen molar-refractivity contribution in [2.75, 3.05) is 38.1 Å². The molecule has 132 valence electrons. The third-order valence-electron chi connectivity index (χ3n) is 5.53. The second-order valence-electron chi connectivity index (χ2n) is 7.01. The highest BCUT2D eigenvalue weighted by Crippen LogP contribution is 2.32. The number of rotatable bonds is 2. The van der Waals surface area contributed by atoms with Crippen molar-refractivity contribution >= 4 is 11.6 Å². The molecule has 1 aromatic carbocycles. The molecule has 6 heteroatoms. The number of piperidine rings is 1. The molecule has 0 radical (unpaired) electrons. The summed E-state index contributed by atoms with van der Waals surface area (Å²) >= 11 is 0. The van der Waals surface area contributed by atoms with Crippen molar-refractivity contribution in [1.29, 1.82) is 0 Å². The van der Waals surface area contributed by atoms with E-state index in [1.54, 1.807) is 6.20 Å². The van der Waals surface area contributed by atoms with Crippen molar-refractivity contribution < 1.29 is 4.79 Å². The molecule has 1 fully saturated rings. The number of benzene rings is 1. The number of anilines is 1. The number of hydrogen-bond donors (Lipinski definition) is 1. The van der Waals surface area contributed by atoms with Gasteiger partial charge in [-0.1, -0.05) is 18.2 Å². The molecule has 1 aromatic heterocycles. The van der Waals surface area contributed by atoms with Crippen molar-refractivity contribution in [1.82, 2.24) is 20.0 Å². The minimum atomic E-state index is -0.563. The van der Waals surface area contributed by atoms with E-state index >= 15 is 0 Å². The van der Waals surface area contributed by atoms with Gasteiger partial charge in [-0.25, -0.2) is 0 Å². The van der Waals surface area contributed by atoms with E-state index in [-0.39, 0.29) is 5.91 Å². The number of carbonyl (C=O) groups excluding carboxylic acids is 1. The number of nitrogens with zero attached hydrogens (tertiary/aromatic N) is 4. The maximum atomic E-state index is 13.7. The zero-order valence-corrected chi connectivity index (χ0v) is 14.7. The Kier molecular flexibility index (Phi) is 4.21. The number of amides is 1. The summed E-state index contributed by atoms with van der Waals surface area (Å²) in [5.41, 5.74) is 1.86. The van der Waals surface area contributed by atoms with Gasteiger partial charge in [0.1, 0.15) is 5.54 Å². The molecule has 0 saturated carbocycles. The van der Waals surface area contributed by atoms with Crippen LogP contribution in [0.5, 0.6) is 0 Å². The van der Waals surface area contributed by atoms with Crippen LogP contribution in [0.25, 0.3) is 0 Å². The Morgan fingerprint density at radius 1 is 1.16 bits per heavy atom. The standard InChI is InChI=1S/C19H25N5O/c1-22-13-14-23(15-16-5-2-3-6-17(16)22)18(25)19(7-10-20-11-8-19)24-12-4-9-21-24/h2-6,9,12,20H,7-8,10-11,13-15H2,1H3. The van der Waals surface area contributed by atoms with Crippen molar-refractivity contribution in [3.8, 4) is 0 Å². The molecule has 25 heavy (non-hydrogen) atoms. The van der Waals surface area contributed by atoms with Crippen LogP contribution in [0.1, 0.15) is 18.4 Å². The monoisotopic (exact) mass is 339 g/mol. The van der Waals surface area contributed by atoms with Crippen LogP contribution < -0.4 is 10.2 Å². The van der Waals surface area contributed by atoms with E-state index in [0.717, 1.165) is 39.0 Å². The fourth-order valence-electron chi connectivity index (χ4n) is 4.06. The zero-order chi connectivity index (χ0) is 17.3. The maximum absolute atomic E-state index is 13.7. The summed E-state index contributed by atoms with van der Waals surface area (Å²) in [4.78, 5) is 17.9. The summed E-state index contributed by atoms with van der Waals surface area (Å²) in [6.45, 7) is 3.93. The number of aromatic nitrogens is 2. The van der Waals surface area contributed by atoms with Gasteiger partial charge in [0.25, 0.3) is 5.91 Å².